The van der Waals surface area contributed by atoms with Gasteiger partial charge in [0.1, 0.15) is 27.2 Å². The van der Waals surface area contributed by atoms with Crippen molar-refractivity contribution in [3.05, 3.63) is 36.4 Å². The van der Waals surface area contributed by atoms with Crippen LogP contribution in [-0.2, 0) is 29.3 Å². The molecular weight excluding hydrogens is 546 g/mol. The van der Waals surface area contributed by atoms with Gasteiger partial charge in [0.15, 0.2) is 9.84 Å². The number of nitrogens with zero attached hydrogens (tertiary/aromatic N) is 2. The topological polar surface area (TPSA) is 230 Å². The minimum absolute atomic E-state index is 0. The van der Waals surface area contributed by atoms with Gasteiger partial charge < -0.3 is 26.4 Å². The number of rotatable bonds is 7. The zero-order valence-electron chi connectivity index (χ0n) is 18.5. The van der Waals surface area contributed by atoms with Crippen LogP contribution in [0.15, 0.2) is 61.3 Å². The van der Waals surface area contributed by atoms with Crippen molar-refractivity contribution in [3.63, 3.8) is 0 Å². The van der Waals surface area contributed by atoms with Gasteiger partial charge in [0, 0.05) is 11.9 Å². The third-order valence-electron chi connectivity index (χ3n) is 4.25. The van der Waals surface area contributed by atoms with E-state index >= 15 is 0 Å². The molecular formula is C17H14N4Na2O9S3. The molecule has 3 aromatic carbocycles. The van der Waals surface area contributed by atoms with E-state index in [1.54, 1.807) is 0 Å². The first-order valence-electron chi connectivity index (χ1n) is 8.52. The first-order chi connectivity index (χ1) is 15.3. The predicted molar refractivity (Wildman–Crippen MR) is 114 cm³/mol. The van der Waals surface area contributed by atoms with Crippen LogP contribution in [-0.4, -0.2) is 32.8 Å². The molecule has 13 nitrogen and oxygen atoms in total. The first-order valence-corrected chi connectivity index (χ1v) is 12.6. The van der Waals surface area contributed by atoms with Crippen molar-refractivity contribution in [2.75, 3.05) is 17.7 Å². The molecule has 0 aromatic heterocycles. The molecule has 176 valence electrons. The maximum absolute atomic E-state index is 12.1. The summed E-state index contributed by atoms with van der Waals surface area (Å²) >= 11 is 0.343. The van der Waals surface area contributed by atoms with Crippen molar-refractivity contribution in [1.29, 1.82) is 0 Å². The smallest absolute Gasteiger partial charge is 0.744 e. The van der Waals surface area contributed by atoms with Gasteiger partial charge in [-0.15, -0.1) is 10.2 Å². The summed E-state index contributed by atoms with van der Waals surface area (Å²) in [4.78, 5) is -0.977. The van der Waals surface area contributed by atoms with Crippen LogP contribution >= 0.6 is 12.0 Å². The molecule has 3 aromatic rings. The fraction of sp³-hybridized carbons (Fsp3) is 0.0588. The zero-order chi connectivity index (χ0) is 24.6. The predicted octanol–water partition coefficient (Wildman–Crippen LogP) is -4.33. The molecule has 0 bridgehead atoms. The average Bonchev–Trinajstić information content (AvgIpc) is 2.71. The van der Waals surface area contributed by atoms with Crippen LogP contribution < -0.4 is 75.8 Å². The van der Waals surface area contributed by atoms with Crippen LogP contribution in [0.2, 0.25) is 0 Å². The van der Waals surface area contributed by atoms with E-state index in [1.165, 1.54) is 24.3 Å². The normalized spacial score (nSPS) is 11.9. The number of fused-ring (bicyclic) bond motifs is 1. The molecule has 0 heterocycles. The van der Waals surface area contributed by atoms with Crippen LogP contribution in [0, 0.1) is 0 Å². The van der Waals surface area contributed by atoms with E-state index < -0.39 is 30.6 Å². The van der Waals surface area contributed by atoms with E-state index in [-0.39, 0.29) is 102 Å². The fourth-order valence-electron chi connectivity index (χ4n) is 2.85. The quantitative estimate of drug-likeness (QED) is 0.0474. The summed E-state index contributed by atoms with van der Waals surface area (Å²) in [6, 6.07) is 6.73. The van der Waals surface area contributed by atoms with Crippen LogP contribution in [0.1, 0.15) is 0 Å². The Labute approximate surface area is 248 Å². The number of aromatic hydroxyl groups is 1. The molecule has 0 fully saturated rings. The molecule has 3 rings (SSSR count). The Morgan fingerprint density at radius 3 is 2.26 bits per heavy atom. The first kappa shape index (κ1) is 32.0. The number of phenols is 1. The largest absolute Gasteiger partial charge is 1.00 e. The van der Waals surface area contributed by atoms with E-state index in [0.29, 0.717) is 18.1 Å². The summed E-state index contributed by atoms with van der Waals surface area (Å²) < 4.78 is 62.7. The number of hydrogen-bond donors (Lipinski definition) is 3. The number of azo groups is 1. The van der Waals surface area contributed by atoms with Crippen molar-refractivity contribution < 1.29 is 100 Å². The number of nitrogen functional groups attached to an aromatic ring is 2. The second kappa shape index (κ2) is 12.5. The molecule has 0 aliphatic heterocycles. The number of benzene rings is 3. The molecule has 0 atom stereocenters. The van der Waals surface area contributed by atoms with Crippen LogP contribution in [0.25, 0.3) is 10.8 Å². The molecule has 0 radical (unpaired) electrons. The third-order valence-corrected chi connectivity index (χ3v) is 6.83. The summed E-state index contributed by atoms with van der Waals surface area (Å²) in [6.07, 6.45) is 0.943. The monoisotopic (exact) mass is 560 g/mol. The number of hydrogen-bond acceptors (Lipinski definition) is 14. The number of nitrogens with two attached hydrogens (primary N) is 2. The summed E-state index contributed by atoms with van der Waals surface area (Å²) in [7, 11) is -8.69. The van der Waals surface area contributed by atoms with E-state index in [4.69, 9.17) is 11.5 Å². The maximum atomic E-state index is 12.1. The molecule has 5 N–H and O–H groups in total. The average molecular weight is 560 g/mol. The Morgan fingerprint density at radius 2 is 1.69 bits per heavy atom. The molecule has 35 heavy (non-hydrogen) atoms. The van der Waals surface area contributed by atoms with Crippen LogP contribution in [0.4, 0.5) is 22.7 Å². The van der Waals surface area contributed by atoms with Gasteiger partial charge in [-0.1, -0.05) is 0 Å². The van der Waals surface area contributed by atoms with Crippen molar-refractivity contribution >= 4 is 65.5 Å². The number of anilines is 2. The maximum Gasteiger partial charge on any atom is 1.00 e. The Kier molecular flexibility index (Phi) is 11.4. The Balaban J connectivity index is 0.00000306. The van der Waals surface area contributed by atoms with Gasteiger partial charge in [-0.25, -0.2) is 16.8 Å². The van der Waals surface area contributed by atoms with Gasteiger partial charge in [0.2, 0.25) is 0 Å². The van der Waals surface area contributed by atoms with Gasteiger partial charge >= 0.3 is 59.1 Å². The van der Waals surface area contributed by atoms with E-state index in [0.717, 1.165) is 12.3 Å². The van der Waals surface area contributed by atoms with Crippen molar-refractivity contribution in [2.24, 2.45) is 10.2 Å². The molecule has 0 amide bonds. The van der Waals surface area contributed by atoms with Crippen molar-refractivity contribution in [2.45, 2.75) is 14.7 Å². The van der Waals surface area contributed by atoms with Crippen molar-refractivity contribution in [1.82, 2.24) is 0 Å². The number of phenolic OH excluding ortho intramolecular Hbond substituents is 1. The minimum Gasteiger partial charge on any atom is -0.744 e. The van der Waals surface area contributed by atoms with E-state index in [9.17, 15) is 31.8 Å². The second-order valence-electron chi connectivity index (χ2n) is 6.55. The molecule has 0 aliphatic carbocycles. The SMILES string of the molecule is CS(=O)(=O)c1cc(N)ccc1N=Nc1c(N)c(SOO[O-])cc2cc(S(=O)(=O)[O-])cc(O)c12.[Na+].[Na+]. The molecule has 0 aliphatic rings. The summed E-state index contributed by atoms with van der Waals surface area (Å²) in [6.45, 7) is 0. The molecule has 0 spiro atoms. The molecule has 0 saturated carbocycles. The zero-order valence-corrected chi connectivity index (χ0v) is 24.9. The molecule has 0 unspecified atom stereocenters. The van der Waals surface area contributed by atoms with Crippen LogP contribution in [0.5, 0.6) is 5.75 Å². The van der Waals surface area contributed by atoms with Gasteiger partial charge in [0.25, 0.3) is 0 Å². The van der Waals surface area contributed by atoms with E-state index in [2.05, 4.69) is 19.6 Å². The van der Waals surface area contributed by atoms with Gasteiger partial charge in [-0.05, 0) is 41.8 Å². The fourth-order valence-corrected chi connectivity index (χ4v) is 4.67. The Bertz CT molecular complexity index is 1500. The number of sulfone groups is 1. The summed E-state index contributed by atoms with van der Waals surface area (Å²) in [5.41, 5.74) is 11.4. The van der Waals surface area contributed by atoms with Crippen LogP contribution in [0.3, 0.4) is 0 Å². The molecule has 0 saturated heterocycles. The Hall–Kier alpha value is -0.990. The summed E-state index contributed by atoms with van der Waals surface area (Å²) in [5.74, 6) is -0.666. The van der Waals surface area contributed by atoms with Crippen molar-refractivity contribution in [3.8, 4) is 5.75 Å². The Morgan fingerprint density at radius 1 is 1.03 bits per heavy atom. The third kappa shape index (κ3) is 7.51. The second-order valence-corrected chi connectivity index (χ2v) is 10.7. The minimum atomic E-state index is -4.94. The van der Waals surface area contributed by atoms with Gasteiger partial charge in [0.05, 0.1) is 37.8 Å². The van der Waals surface area contributed by atoms with Gasteiger partial charge in [-0.2, -0.15) is 4.33 Å². The van der Waals surface area contributed by atoms with Gasteiger partial charge in [-0.3, -0.25) is 5.04 Å². The molecule has 18 heteroatoms. The summed E-state index contributed by atoms with van der Waals surface area (Å²) in [5, 5.41) is 31.6. The van der Waals surface area contributed by atoms with E-state index in [1.807, 2.05) is 0 Å². The standard InChI is InChI=1S/C17H16N4O9S3.2Na/c1-32(24,25)14-6-9(18)2-3-11(14)20-21-17-15-8(5-13(16(17)19)31-30-29-23)4-10(7-12(15)22)33(26,27)28;;/h2-7,22-23H,18-19H2,1H3,(H,26,27,28);;/q;2*+1/p-2.